The highest BCUT2D eigenvalue weighted by molar-refractivity contribution is 7.09. The van der Waals surface area contributed by atoms with Gasteiger partial charge in [0.2, 0.25) is 5.91 Å². The topological polar surface area (TPSA) is 29.5 Å². The fraction of sp³-hybridized carbons (Fsp3) is 0.615. The Morgan fingerprint density at radius 2 is 2.18 bits per heavy atom. The summed E-state index contributed by atoms with van der Waals surface area (Å²) in [7, 11) is 0. The molecule has 2 rings (SSSR count). The molecule has 2 heterocycles. The molecule has 1 aliphatic rings. The van der Waals surface area contributed by atoms with Gasteiger partial charge in [0.25, 0.3) is 0 Å². The molecule has 4 heteroatoms. The van der Waals surface area contributed by atoms with Crippen LogP contribution in [0.2, 0.25) is 0 Å². The third kappa shape index (κ3) is 3.54. The third-order valence-corrected chi connectivity index (χ3v) is 3.87. The van der Waals surface area contributed by atoms with Crippen LogP contribution in [0.15, 0.2) is 17.5 Å². The van der Waals surface area contributed by atoms with E-state index in [1.54, 1.807) is 11.3 Å². The highest BCUT2D eigenvalue weighted by atomic mass is 32.1. The number of amides is 1. The van der Waals surface area contributed by atoms with Gasteiger partial charge in [-0.3, -0.25) is 4.79 Å². The van der Waals surface area contributed by atoms with E-state index >= 15 is 0 Å². The van der Waals surface area contributed by atoms with Crippen LogP contribution >= 0.6 is 11.3 Å². The van der Waals surface area contributed by atoms with Gasteiger partial charge in [0, 0.05) is 24.4 Å². The molecule has 0 radical (unpaired) electrons. The number of thiophene rings is 1. The Hall–Kier alpha value is -0.870. The summed E-state index contributed by atoms with van der Waals surface area (Å²) in [5.74, 6) is 0.250. The highest BCUT2D eigenvalue weighted by Crippen LogP contribution is 2.15. The summed E-state index contributed by atoms with van der Waals surface area (Å²) in [6.07, 6.45) is 1.78. The van der Waals surface area contributed by atoms with Gasteiger partial charge in [-0.05, 0) is 31.7 Å². The summed E-state index contributed by atoms with van der Waals surface area (Å²) >= 11 is 1.72. The molecular formula is C13H19NO2S. The fourth-order valence-corrected chi connectivity index (χ4v) is 2.93. The lowest BCUT2D eigenvalue weighted by molar-refractivity contribution is -0.143. The molecule has 1 saturated heterocycles. The maximum atomic E-state index is 12.1. The lowest BCUT2D eigenvalue weighted by Gasteiger charge is -2.35. The maximum Gasteiger partial charge on any atom is 0.223 e. The summed E-state index contributed by atoms with van der Waals surface area (Å²) < 4.78 is 5.63. The molecule has 1 aliphatic heterocycles. The quantitative estimate of drug-likeness (QED) is 0.827. The zero-order chi connectivity index (χ0) is 12.3. The summed E-state index contributed by atoms with van der Waals surface area (Å²) in [6, 6.07) is 4.12. The van der Waals surface area contributed by atoms with Crippen LogP contribution in [-0.2, 0) is 16.0 Å². The normalized spacial score (nSPS) is 24.9. The van der Waals surface area contributed by atoms with Crippen molar-refractivity contribution in [3.05, 3.63) is 22.4 Å². The first-order chi connectivity index (χ1) is 8.15. The minimum Gasteiger partial charge on any atom is -0.372 e. The van der Waals surface area contributed by atoms with Gasteiger partial charge in [-0.1, -0.05) is 6.07 Å². The average molecular weight is 253 g/mol. The zero-order valence-electron chi connectivity index (χ0n) is 10.4. The van der Waals surface area contributed by atoms with Gasteiger partial charge in [0.1, 0.15) is 0 Å². The summed E-state index contributed by atoms with van der Waals surface area (Å²) in [5.41, 5.74) is 0. The number of morpholine rings is 1. The Labute approximate surface area is 106 Å². The summed E-state index contributed by atoms with van der Waals surface area (Å²) in [4.78, 5) is 15.3. The standard InChI is InChI=1S/C13H19NO2S/c1-10-8-14(9-11(2)16-10)13(15)6-5-12-4-3-7-17-12/h3-4,7,10-11H,5-6,8-9H2,1-2H3. The van der Waals surface area contributed by atoms with E-state index < -0.39 is 0 Å². The molecule has 0 saturated carbocycles. The molecule has 3 nitrogen and oxygen atoms in total. The Morgan fingerprint density at radius 1 is 1.47 bits per heavy atom. The lowest BCUT2D eigenvalue weighted by Crippen LogP contribution is -2.48. The van der Waals surface area contributed by atoms with E-state index in [4.69, 9.17) is 4.74 Å². The average Bonchev–Trinajstić information content (AvgIpc) is 2.77. The van der Waals surface area contributed by atoms with Gasteiger partial charge >= 0.3 is 0 Å². The molecule has 2 atom stereocenters. The molecule has 1 amide bonds. The highest BCUT2D eigenvalue weighted by Gasteiger charge is 2.25. The van der Waals surface area contributed by atoms with Crippen LogP contribution in [-0.4, -0.2) is 36.1 Å². The number of hydrogen-bond donors (Lipinski definition) is 0. The van der Waals surface area contributed by atoms with Crippen LogP contribution in [0.25, 0.3) is 0 Å². The number of aryl methyl sites for hydroxylation is 1. The molecule has 0 aromatic carbocycles. The minimum atomic E-state index is 0.157. The van der Waals surface area contributed by atoms with Crippen molar-refractivity contribution in [2.24, 2.45) is 0 Å². The molecule has 0 spiro atoms. The number of carbonyl (C=O) groups excluding carboxylic acids is 1. The third-order valence-electron chi connectivity index (χ3n) is 2.94. The van der Waals surface area contributed by atoms with Crippen molar-refractivity contribution in [2.45, 2.75) is 38.9 Å². The van der Waals surface area contributed by atoms with Crippen molar-refractivity contribution in [3.63, 3.8) is 0 Å². The van der Waals surface area contributed by atoms with Gasteiger partial charge in [-0.15, -0.1) is 11.3 Å². The first kappa shape index (κ1) is 12.6. The predicted octanol–water partition coefficient (Wildman–Crippen LogP) is 2.32. The molecular weight excluding hydrogens is 234 g/mol. The van der Waals surface area contributed by atoms with E-state index in [1.807, 2.05) is 24.8 Å². The first-order valence-corrected chi connectivity index (χ1v) is 6.98. The second-order valence-corrected chi connectivity index (χ2v) is 5.67. The number of rotatable bonds is 3. The molecule has 0 aliphatic carbocycles. The monoisotopic (exact) mass is 253 g/mol. The largest absolute Gasteiger partial charge is 0.372 e. The van der Waals surface area contributed by atoms with Crippen molar-refractivity contribution < 1.29 is 9.53 Å². The first-order valence-electron chi connectivity index (χ1n) is 6.11. The van der Waals surface area contributed by atoms with Crippen molar-refractivity contribution >= 4 is 17.2 Å². The molecule has 17 heavy (non-hydrogen) atoms. The van der Waals surface area contributed by atoms with Crippen molar-refractivity contribution in [1.82, 2.24) is 4.90 Å². The molecule has 1 aromatic heterocycles. The van der Waals surface area contributed by atoms with E-state index in [0.29, 0.717) is 6.42 Å². The smallest absolute Gasteiger partial charge is 0.223 e. The second-order valence-electron chi connectivity index (χ2n) is 4.64. The van der Waals surface area contributed by atoms with E-state index in [2.05, 4.69) is 11.4 Å². The van der Waals surface area contributed by atoms with Crippen molar-refractivity contribution in [1.29, 1.82) is 0 Å². The lowest BCUT2D eigenvalue weighted by atomic mass is 10.2. The molecule has 1 fully saturated rings. The Kier molecular flexibility index (Phi) is 4.18. The van der Waals surface area contributed by atoms with Crippen LogP contribution in [0.3, 0.4) is 0 Å². The van der Waals surface area contributed by atoms with E-state index in [1.165, 1.54) is 4.88 Å². The molecule has 0 N–H and O–H groups in total. The van der Waals surface area contributed by atoms with Gasteiger partial charge in [0.05, 0.1) is 12.2 Å². The number of carbonyl (C=O) groups is 1. The van der Waals surface area contributed by atoms with Crippen LogP contribution in [0.4, 0.5) is 0 Å². The van der Waals surface area contributed by atoms with E-state index in [0.717, 1.165) is 19.5 Å². The molecule has 2 unspecified atom stereocenters. The Bertz CT molecular complexity index is 354. The number of nitrogens with zero attached hydrogens (tertiary/aromatic N) is 1. The van der Waals surface area contributed by atoms with Crippen LogP contribution in [0, 0.1) is 0 Å². The van der Waals surface area contributed by atoms with Gasteiger partial charge in [0.15, 0.2) is 0 Å². The SMILES string of the molecule is CC1CN(C(=O)CCc2cccs2)CC(C)O1. The summed E-state index contributed by atoms with van der Waals surface area (Å²) in [6.45, 7) is 5.51. The van der Waals surface area contributed by atoms with E-state index in [-0.39, 0.29) is 18.1 Å². The van der Waals surface area contributed by atoms with Crippen molar-refractivity contribution in [2.75, 3.05) is 13.1 Å². The number of hydrogen-bond acceptors (Lipinski definition) is 3. The number of ether oxygens (including phenoxy) is 1. The maximum absolute atomic E-state index is 12.1. The molecule has 0 bridgehead atoms. The van der Waals surface area contributed by atoms with Gasteiger partial charge in [-0.25, -0.2) is 0 Å². The van der Waals surface area contributed by atoms with E-state index in [9.17, 15) is 4.79 Å². The Morgan fingerprint density at radius 3 is 2.76 bits per heavy atom. The fourth-order valence-electron chi connectivity index (χ4n) is 2.22. The van der Waals surface area contributed by atoms with Gasteiger partial charge < -0.3 is 9.64 Å². The minimum absolute atomic E-state index is 0.157. The Balaban J connectivity index is 1.83. The van der Waals surface area contributed by atoms with Crippen molar-refractivity contribution in [3.8, 4) is 0 Å². The summed E-state index contributed by atoms with van der Waals surface area (Å²) in [5, 5.41) is 2.05. The predicted molar refractivity (Wildman–Crippen MR) is 69.2 cm³/mol. The van der Waals surface area contributed by atoms with Crippen LogP contribution < -0.4 is 0 Å². The van der Waals surface area contributed by atoms with Gasteiger partial charge in [-0.2, -0.15) is 0 Å². The van der Waals surface area contributed by atoms with Crippen LogP contribution in [0.5, 0.6) is 0 Å². The molecule has 94 valence electrons. The molecule has 1 aromatic rings. The second kappa shape index (κ2) is 5.65. The van der Waals surface area contributed by atoms with Crippen LogP contribution in [0.1, 0.15) is 25.1 Å². The zero-order valence-corrected chi connectivity index (χ0v) is 11.2.